The van der Waals surface area contributed by atoms with Crippen molar-refractivity contribution in [3.63, 3.8) is 0 Å². The van der Waals surface area contributed by atoms with Crippen molar-refractivity contribution >= 4 is 17.7 Å². The summed E-state index contributed by atoms with van der Waals surface area (Å²) in [5.74, 6) is 1.78. The van der Waals surface area contributed by atoms with E-state index in [-0.39, 0.29) is 0 Å². The summed E-state index contributed by atoms with van der Waals surface area (Å²) in [5, 5.41) is 15.9. The first-order valence-electron chi connectivity index (χ1n) is 15.5. The molecule has 0 atom stereocenters. The van der Waals surface area contributed by atoms with Gasteiger partial charge in [-0.1, -0.05) is 96.8 Å². The summed E-state index contributed by atoms with van der Waals surface area (Å²) in [7, 11) is 0. The van der Waals surface area contributed by atoms with Crippen LogP contribution in [0.5, 0.6) is 0 Å². The molecule has 0 aliphatic heterocycles. The second-order valence-electron chi connectivity index (χ2n) is 10.3. The fourth-order valence-electron chi connectivity index (χ4n) is 4.41. The number of hydrogen-bond acceptors (Lipinski definition) is 4. The Morgan fingerprint density at radius 1 is 0.514 bits per heavy atom. The van der Waals surface area contributed by atoms with Crippen LogP contribution in [0.1, 0.15) is 148 Å². The van der Waals surface area contributed by atoms with Crippen LogP contribution in [0.3, 0.4) is 0 Å². The summed E-state index contributed by atoms with van der Waals surface area (Å²) in [6, 6.07) is 0. The van der Waals surface area contributed by atoms with Crippen LogP contribution in [-0.4, -0.2) is 48.8 Å². The first-order chi connectivity index (χ1) is 17.3. The van der Waals surface area contributed by atoms with Crippen molar-refractivity contribution in [2.45, 2.75) is 148 Å². The zero-order chi connectivity index (χ0) is 25.5. The third kappa shape index (κ3) is 33.7. The Bertz CT molecular complexity index is 410. The first kappa shape index (κ1) is 34.7. The lowest BCUT2D eigenvalue weighted by Gasteiger charge is -2.06. The van der Waals surface area contributed by atoms with Gasteiger partial charge in [-0.25, -0.2) is 0 Å². The van der Waals surface area contributed by atoms with Gasteiger partial charge in [0.15, 0.2) is 0 Å². The Morgan fingerprint density at radius 2 is 0.857 bits per heavy atom. The molecule has 0 aliphatic carbocycles. The molecule has 0 fully saturated rings. The SMILES string of the molecule is CCCCCCCCCCNCCCCCCCCCNCCCCCSCCCCCC(=O)O. The number of thioether (sulfide) groups is 1. The van der Waals surface area contributed by atoms with E-state index in [0.717, 1.165) is 19.3 Å². The van der Waals surface area contributed by atoms with Gasteiger partial charge in [0.25, 0.3) is 0 Å². The Kier molecular flexibility index (Phi) is 31.5. The van der Waals surface area contributed by atoms with E-state index in [1.165, 1.54) is 153 Å². The molecule has 3 N–H and O–H groups in total. The highest BCUT2D eigenvalue weighted by Gasteiger charge is 1.97. The van der Waals surface area contributed by atoms with Crippen LogP contribution >= 0.6 is 11.8 Å². The highest BCUT2D eigenvalue weighted by atomic mass is 32.2. The molecule has 0 spiro atoms. The van der Waals surface area contributed by atoms with Crippen molar-refractivity contribution in [3.05, 3.63) is 0 Å². The van der Waals surface area contributed by atoms with Gasteiger partial charge in [0.2, 0.25) is 0 Å². The topological polar surface area (TPSA) is 61.4 Å². The van der Waals surface area contributed by atoms with Crippen LogP contribution in [0.4, 0.5) is 0 Å². The molecule has 35 heavy (non-hydrogen) atoms. The normalized spacial score (nSPS) is 11.3. The summed E-state index contributed by atoms with van der Waals surface area (Å²) in [6.07, 6.45) is 28.3. The van der Waals surface area contributed by atoms with Crippen LogP contribution < -0.4 is 10.6 Å². The van der Waals surface area contributed by atoms with Gasteiger partial charge < -0.3 is 15.7 Å². The number of carbonyl (C=O) groups is 1. The average molecular weight is 515 g/mol. The van der Waals surface area contributed by atoms with Gasteiger partial charge in [-0.15, -0.1) is 0 Å². The fourth-order valence-corrected chi connectivity index (χ4v) is 5.43. The fraction of sp³-hybridized carbons (Fsp3) is 0.967. The molecule has 0 bridgehead atoms. The Balaban J connectivity index is 3.01. The van der Waals surface area contributed by atoms with Crippen molar-refractivity contribution in [2.24, 2.45) is 0 Å². The minimum Gasteiger partial charge on any atom is -0.481 e. The van der Waals surface area contributed by atoms with Crippen LogP contribution in [0, 0.1) is 0 Å². The van der Waals surface area contributed by atoms with Gasteiger partial charge in [-0.05, 0) is 82.6 Å². The van der Waals surface area contributed by atoms with Crippen molar-refractivity contribution in [2.75, 3.05) is 37.7 Å². The van der Waals surface area contributed by atoms with Crippen LogP contribution in [0.15, 0.2) is 0 Å². The molecule has 0 heterocycles. The molecular formula is C30H62N2O2S. The Labute approximate surface area is 224 Å². The maximum absolute atomic E-state index is 10.4. The monoisotopic (exact) mass is 514 g/mol. The zero-order valence-corrected chi connectivity index (χ0v) is 24.4. The second kappa shape index (κ2) is 31.8. The Hall–Kier alpha value is -0.260. The number of carboxylic acids is 1. The number of carboxylic acid groups (broad SMARTS) is 1. The standard InChI is InChI=1S/C30H62N2O2S/c1-2-3-4-5-6-8-11-17-24-31-25-18-12-9-7-10-13-19-26-32-27-20-15-22-29-35-28-21-14-16-23-30(33)34/h31-32H,2-29H2,1H3,(H,33,34). The lowest BCUT2D eigenvalue weighted by atomic mass is 10.1. The number of nitrogens with one attached hydrogen (secondary N) is 2. The predicted molar refractivity (Wildman–Crippen MR) is 158 cm³/mol. The van der Waals surface area contributed by atoms with Crippen LogP contribution in [-0.2, 0) is 4.79 Å². The molecule has 210 valence electrons. The summed E-state index contributed by atoms with van der Waals surface area (Å²) in [4.78, 5) is 10.4. The maximum atomic E-state index is 10.4. The smallest absolute Gasteiger partial charge is 0.303 e. The van der Waals surface area contributed by atoms with Crippen molar-refractivity contribution in [3.8, 4) is 0 Å². The van der Waals surface area contributed by atoms with Gasteiger partial charge in [0.05, 0.1) is 0 Å². The molecule has 0 radical (unpaired) electrons. The molecule has 0 saturated heterocycles. The molecule has 5 heteroatoms. The summed E-state index contributed by atoms with van der Waals surface area (Å²) >= 11 is 2.03. The molecule has 0 saturated carbocycles. The summed E-state index contributed by atoms with van der Waals surface area (Å²) < 4.78 is 0. The minimum atomic E-state index is -0.663. The molecule has 0 aromatic carbocycles. The largest absolute Gasteiger partial charge is 0.481 e. The average Bonchev–Trinajstić information content (AvgIpc) is 2.85. The van der Waals surface area contributed by atoms with Crippen molar-refractivity contribution in [1.29, 1.82) is 0 Å². The summed E-state index contributed by atoms with van der Waals surface area (Å²) in [5.41, 5.74) is 0. The molecular weight excluding hydrogens is 452 g/mol. The molecule has 0 rings (SSSR count). The van der Waals surface area contributed by atoms with Crippen LogP contribution in [0.2, 0.25) is 0 Å². The summed E-state index contributed by atoms with van der Waals surface area (Å²) in [6.45, 7) is 7.09. The maximum Gasteiger partial charge on any atom is 0.303 e. The van der Waals surface area contributed by atoms with Gasteiger partial charge >= 0.3 is 5.97 Å². The number of aliphatic carboxylic acids is 1. The Morgan fingerprint density at radius 3 is 1.26 bits per heavy atom. The lowest BCUT2D eigenvalue weighted by Crippen LogP contribution is -2.16. The van der Waals surface area contributed by atoms with Crippen LogP contribution in [0.25, 0.3) is 0 Å². The molecule has 4 nitrogen and oxygen atoms in total. The van der Waals surface area contributed by atoms with E-state index in [0.29, 0.717) is 6.42 Å². The van der Waals surface area contributed by atoms with E-state index >= 15 is 0 Å². The van der Waals surface area contributed by atoms with E-state index < -0.39 is 5.97 Å². The van der Waals surface area contributed by atoms with Gasteiger partial charge in [0, 0.05) is 6.42 Å². The molecule has 0 amide bonds. The third-order valence-electron chi connectivity index (χ3n) is 6.74. The van der Waals surface area contributed by atoms with Gasteiger partial charge in [0.1, 0.15) is 0 Å². The van der Waals surface area contributed by atoms with E-state index in [9.17, 15) is 4.79 Å². The lowest BCUT2D eigenvalue weighted by molar-refractivity contribution is -0.137. The minimum absolute atomic E-state index is 0.328. The number of rotatable bonds is 31. The molecule has 0 unspecified atom stereocenters. The van der Waals surface area contributed by atoms with E-state index in [4.69, 9.17) is 5.11 Å². The predicted octanol–water partition coefficient (Wildman–Crippen LogP) is 8.59. The molecule has 0 aromatic rings. The number of unbranched alkanes of at least 4 members (excludes halogenated alkanes) is 17. The molecule has 0 aromatic heterocycles. The first-order valence-corrected chi connectivity index (χ1v) is 16.6. The quantitative estimate of drug-likeness (QED) is 0.0808. The van der Waals surface area contributed by atoms with Crippen molar-refractivity contribution in [1.82, 2.24) is 10.6 Å². The van der Waals surface area contributed by atoms with E-state index in [1.54, 1.807) is 0 Å². The zero-order valence-electron chi connectivity index (χ0n) is 23.6. The van der Waals surface area contributed by atoms with Gasteiger partial charge in [-0.2, -0.15) is 11.8 Å². The van der Waals surface area contributed by atoms with E-state index in [2.05, 4.69) is 17.6 Å². The highest BCUT2D eigenvalue weighted by molar-refractivity contribution is 7.99. The second-order valence-corrected chi connectivity index (χ2v) is 11.6. The van der Waals surface area contributed by atoms with E-state index in [1.807, 2.05) is 11.8 Å². The van der Waals surface area contributed by atoms with Gasteiger partial charge in [-0.3, -0.25) is 4.79 Å². The highest BCUT2D eigenvalue weighted by Crippen LogP contribution is 2.11. The third-order valence-corrected chi connectivity index (χ3v) is 7.89. The molecule has 0 aliphatic rings. The number of hydrogen-bond donors (Lipinski definition) is 3. The van der Waals surface area contributed by atoms with Crippen molar-refractivity contribution < 1.29 is 9.90 Å².